The molecule has 0 saturated carbocycles. The fourth-order valence-corrected chi connectivity index (χ4v) is 3.47. The molecule has 0 saturated heterocycles. The normalized spacial score (nSPS) is 13.1. The van der Waals surface area contributed by atoms with Gasteiger partial charge in [0.15, 0.2) is 17.6 Å². The Balaban J connectivity index is 1.29. The Kier molecular flexibility index (Phi) is 6.07. The number of rotatable bonds is 7. The van der Waals surface area contributed by atoms with Crippen LogP contribution in [0.3, 0.4) is 0 Å². The van der Waals surface area contributed by atoms with Gasteiger partial charge in [0.25, 0.3) is 11.5 Å². The molecule has 0 radical (unpaired) electrons. The van der Waals surface area contributed by atoms with Crippen molar-refractivity contribution in [3.05, 3.63) is 64.2 Å². The lowest BCUT2D eigenvalue weighted by molar-refractivity contribution is -0.154. The first-order valence-corrected chi connectivity index (χ1v) is 10.2. The van der Waals surface area contributed by atoms with Crippen LogP contribution in [0.15, 0.2) is 47.3 Å². The molecule has 4 rings (SSSR count). The summed E-state index contributed by atoms with van der Waals surface area (Å²) in [5.41, 5.74) is 1.25. The Morgan fingerprint density at radius 1 is 1.19 bits per heavy atom. The summed E-state index contributed by atoms with van der Waals surface area (Å²) in [7, 11) is 1.79. The number of para-hydroxylation sites is 1. The molecule has 1 amide bonds. The summed E-state index contributed by atoms with van der Waals surface area (Å²) in [4.78, 5) is 40.8. The van der Waals surface area contributed by atoms with Gasteiger partial charge in [0.2, 0.25) is 6.79 Å². The van der Waals surface area contributed by atoms with E-state index in [1.165, 1.54) is 6.92 Å². The van der Waals surface area contributed by atoms with E-state index in [9.17, 15) is 14.4 Å². The van der Waals surface area contributed by atoms with Crippen LogP contribution in [0.25, 0.3) is 10.9 Å². The fraction of sp³-hybridized carbons (Fsp3) is 0.304. The highest BCUT2D eigenvalue weighted by Gasteiger charge is 2.19. The predicted octanol–water partition coefficient (Wildman–Crippen LogP) is 1.84. The number of ether oxygens (including phenoxy) is 3. The molecule has 1 aliphatic rings. The van der Waals surface area contributed by atoms with Crippen molar-refractivity contribution in [2.24, 2.45) is 7.05 Å². The Labute approximate surface area is 183 Å². The number of carbonyl (C=O) groups excluding carboxylic acids is 2. The highest BCUT2D eigenvalue weighted by molar-refractivity contribution is 5.83. The number of carbonyl (C=O) groups is 2. The van der Waals surface area contributed by atoms with Gasteiger partial charge in [-0.05, 0) is 36.8 Å². The minimum absolute atomic E-state index is 0.00159. The Hall–Kier alpha value is -3.88. The van der Waals surface area contributed by atoms with Crippen molar-refractivity contribution in [2.75, 3.05) is 6.79 Å². The molecule has 1 atom stereocenters. The maximum Gasteiger partial charge on any atom is 0.307 e. The number of aryl methyl sites for hydroxylation is 2. The molecule has 0 fully saturated rings. The Bertz CT molecular complexity index is 1240. The van der Waals surface area contributed by atoms with Crippen LogP contribution in [-0.4, -0.2) is 34.3 Å². The summed E-state index contributed by atoms with van der Waals surface area (Å²) >= 11 is 0. The van der Waals surface area contributed by atoms with Crippen LogP contribution in [0.1, 0.15) is 24.7 Å². The van der Waals surface area contributed by atoms with E-state index in [4.69, 9.17) is 14.2 Å². The van der Waals surface area contributed by atoms with E-state index in [0.29, 0.717) is 22.7 Å². The second kappa shape index (κ2) is 9.09. The molecule has 2 heterocycles. The summed E-state index contributed by atoms with van der Waals surface area (Å²) in [6, 6.07) is 12.6. The first-order chi connectivity index (χ1) is 15.4. The first kappa shape index (κ1) is 21.4. The van der Waals surface area contributed by atoms with Crippen molar-refractivity contribution in [2.45, 2.75) is 32.4 Å². The van der Waals surface area contributed by atoms with Gasteiger partial charge in [-0.15, -0.1) is 0 Å². The molecule has 9 nitrogen and oxygen atoms in total. The zero-order valence-electron chi connectivity index (χ0n) is 17.8. The molecular formula is C23H23N3O6. The molecule has 2 aromatic carbocycles. The maximum atomic E-state index is 12.3. The highest BCUT2D eigenvalue weighted by atomic mass is 16.7. The van der Waals surface area contributed by atoms with Crippen LogP contribution in [0.2, 0.25) is 0 Å². The molecule has 9 heteroatoms. The van der Waals surface area contributed by atoms with Crippen LogP contribution in [0.4, 0.5) is 0 Å². The minimum Gasteiger partial charge on any atom is -0.454 e. The molecule has 1 aliphatic heterocycles. The van der Waals surface area contributed by atoms with E-state index in [0.717, 1.165) is 11.1 Å². The summed E-state index contributed by atoms with van der Waals surface area (Å²) in [6.07, 6.45) is -0.732. The maximum absolute atomic E-state index is 12.3. The van der Waals surface area contributed by atoms with Gasteiger partial charge in [-0.3, -0.25) is 14.4 Å². The lowest BCUT2D eigenvalue weighted by atomic mass is 10.2. The lowest BCUT2D eigenvalue weighted by Crippen LogP contribution is -2.35. The number of hydrogen-bond donors (Lipinski definition) is 1. The zero-order chi connectivity index (χ0) is 22.7. The topological polar surface area (TPSA) is 109 Å². The highest BCUT2D eigenvalue weighted by Crippen LogP contribution is 2.32. The molecule has 32 heavy (non-hydrogen) atoms. The molecule has 3 aromatic rings. The molecule has 1 aromatic heterocycles. The number of hydrogen-bond acceptors (Lipinski definition) is 7. The van der Waals surface area contributed by atoms with Gasteiger partial charge in [0, 0.05) is 20.0 Å². The summed E-state index contributed by atoms with van der Waals surface area (Å²) in [5, 5.41) is 3.26. The number of fused-ring (bicyclic) bond motifs is 2. The van der Waals surface area contributed by atoms with Crippen molar-refractivity contribution >= 4 is 22.8 Å². The third-order valence-electron chi connectivity index (χ3n) is 5.25. The van der Waals surface area contributed by atoms with Crippen molar-refractivity contribution in [1.82, 2.24) is 14.9 Å². The molecule has 0 unspecified atom stereocenters. The Morgan fingerprint density at radius 2 is 1.97 bits per heavy atom. The zero-order valence-corrected chi connectivity index (χ0v) is 17.8. The smallest absolute Gasteiger partial charge is 0.307 e. The number of amides is 1. The van der Waals surface area contributed by atoms with Crippen LogP contribution in [0.5, 0.6) is 11.5 Å². The molecule has 0 spiro atoms. The third-order valence-corrected chi connectivity index (χ3v) is 5.25. The van der Waals surface area contributed by atoms with Crippen molar-refractivity contribution in [3.8, 4) is 11.5 Å². The van der Waals surface area contributed by atoms with Crippen LogP contribution >= 0.6 is 0 Å². The molecule has 0 bridgehead atoms. The summed E-state index contributed by atoms with van der Waals surface area (Å²) in [6.45, 7) is 1.96. The fourth-order valence-electron chi connectivity index (χ4n) is 3.47. The number of aromatic nitrogens is 2. The number of esters is 1. The van der Waals surface area contributed by atoms with Crippen molar-refractivity contribution in [1.29, 1.82) is 0 Å². The van der Waals surface area contributed by atoms with Gasteiger partial charge >= 0.3 is 5.97 Å². The van der Waals surface area contributed by atoms with E-state index in [-0.39, 0.29) is 31.7 Å². The lowest BCUT2D eigenvalue weighted by Gasteiger charge is -2.14. The van der Waals surface area contributed by atoms with Gasteiger partial charge in [0.1, 0.15) is 5.82 Å². The molecule has 0 aliphatic carbocycles. The van der Waals surface area contributed by atoms with Crippen LogP contribution < -0.4 is 20.3 Å². The predicted molar refractivity (Wildman–Crippen MR) is 115 cm³/mol. The Morgan fingerprint density at radius 3 is 2.81 bits per heavy atom. The van der Waals surface area contributed by atoms with Crippen LogP contribution in [0, 0.1) is 0 Å². The summed E-state index contributed by atoms with van der Waals surface area (Å²) < 4.78 is 17.6. The largest absolute Gasteiger partial charge is 0.454 e. The van der Waals surface area contributed by atoms with Crippen LogP contribution in [-0.2, 0) is 34.3 Å². The number of benzene rings is 2. The average molecular weight is 437 g/mol. The average Bonchev–Trinajstić information content (AvgIpc) is 3.27. The monoisotopic (exact) mass is 437 g/mol. The molecular weight excluding hydrogens is 414 g/mol. The second-order valence-electron chi connectivity index (χ2n) is 7.45. The van der Waals surface area contributed by atoms with Gasteiger partial charge in [-0.1, -0.05) is 18.2 Å². The minimum atomic E-state index is -0.954. The van der Waals surface area contributed by atoms with E-state index < -0.39 is 18.0 Å². The van der Waals surface area contributed by atoms with Crippen molar-refractivity contribution in [3.63, 3.8) is 0 Å². The summed E-state index contributed by atoms with van der Waals surface area (Å²) in [5.74, 6) is 0.824. The number of nitrogens with one attached hydrogen (secondary N) is 1. The van der Waals surface area contributed by atoms with E-state index in [2.05, 4.69) is 10.3 Å². The van der Waals surface area contributed by atoms with E-state index in [1.807, 2.05) is 18.2 Å². The van der Waals surface area contributed by atoms with Gasteiger partial charge in [-0.25, -0.2) is 0 Å². The standard InChI is InChI=1S/C23H23N3O6/c1-14(22(28)24-12-15-7-8-18-19(11-15)31-13-30-18)32-21(27)10-9-20-25-23(29)16-5-3-4-6-17(16)26(20)2/h3-8,11,14H,9-10,12-13H2,1-2H3,(H,24,28)/t14-/m1/s1. The molecule has 1 N–H and O–H groups in total. The SMILES string of the molecule is C[C@@H](OC(=O)CCc1nc(=O)c2ccccc2n1C)C(=O)NCc1ccc2c(c1)OCO2. The quantitative estimate of drug-likeness (QED) is 0.562. The van der Waals surface area contributed by atoms with Gasteiger partial charge < -0.3 is 24.1 Å². The van der Waals surface area contributed by atoms with Crippen molar-refractivity contribution < 1.29 is 23.8 Å². The van der Waals surface area contributed by atoms with E-state index >= 15 is 0 Å². The van der Waals surface area contributed by atoms with E-state index in [1.54, 1.807) is 35.9 Å². The molecule has 166 valence electrons. The second-order valence-corrected chi connectivity index (χ2v) is 7.45. The van der Waals surface area contributed by atoms with Gasteiger partial charge in [0.05, 0.1) is 17.3 Å². The van der Waals surface area contributed by atoms with Gasteiger partial charge in [-0.2, -0.15) is 4.98 Å². The number of nitrogens with zero attached hydrogens (tertiary/aromatic N) is 2. The first-order valence-electron chi connectivity index (χ1n) is 10.2. The third kappa shape index (κ3) is 4.56.